The van der Waals surface area contributed by atoms with Crippen LogP contribution in [0.5, 0.6) is 5.75 Å². The predicted octanol–water partition coefficient (Wildman–Crippen LogP) is 5.25. The van der Waals surface area contributed by atoms with Crippen molar-refractivity contribution in [3.8, 4) is 5.75 Å². The summed E-state index contributed by atoms with van der Waals surface area (Å²) in [6, 6.07) is 6.77. The van der Waals surface area contributed by atoms with Gasteiger partial charge in [-0.15, -0.1) is 0 Å². The summed E-state index contributed by atoms with van der Waals surface area (Å²) in [4.78, 5) is 0. The number of allylic oxidation sites excluding steroid dienone is 3. The smallest absolute Gasteiger partial charge is 0.119 e. The summed E-state index contributed by atoms with van der Waals surface area (Å²) < 4.78 is 10.9. The molecule has 0 heterocycles. The fourth-order valence-corrected chi connectivity index (χ4v) is 5.25. The molecule has 4 atom stereocenters. The van der Waals surface area contributed by atoms with Crippen LogP contribution in [-0.4, -0.2) is 14.2 Å². The van der Waals surface area contributed by atoms with E-state index in [1.54, 1.807) is 25.3 Å². The third kappa shape index (κ3) is 2.76. The van der Waals surface area contributed by atoms with E-state index in [4.69, 9.17) is 9.47 Å². The summed E-state index contributed by atoms with van der Waals surface area (Å²) in [5, 5.41) is 0. The zero-order valence-electron chi connectivity index (χ0n) is 14.8. The van der Waals surface area contributed by atoms with E-state index in [2.05, 4.69) is 36.4 Å². The molecule has 3 aliphatic carbocycles. The molecule has 1 unspecified atom stereocenters. The molecule has 2 heteroatoms. The Morgan fingerprint density at radius 3 is 2.62 bits per heavy atom. The SMILES string of the molecule is COC1=CCC([C@@H]2Cc3ccc(OC)cc3[C@@H]3CCCC[C@@H]32)C=C1. The molecule has 1 aromatic carbocycles. The lowest BCUT2D eigenvalue weighted by atomic mass is 9.59. The van der Waals surface area contributed by atoms with Crippen LogP contribution in [0.25, 0.3) is 0 Å². The predicted molar refractivity (Wildman–Crippen MR) is 97.2 cm³/mol. The van der Waals surface area contributed by atoms with Crippen LogP contribution in [0.2, 0.25) is 0 Å². The Labute approximate surface area is 145 Å². The highest BCUT2D eigenvalue weighted by Gasteiger charge is 2.40. The highest BCUT2D eigenvalue weighted by Crippen LogP contribution is 2.51. The molecule has 0 spiro atoms. The van der Waals surface area contributed by atoms with Crippen molar-refractivity contribution in [3.63, 3.8) is 0 Å². The molecule has 128 valence electrons. The number of ether oxygens (including phenoxy) is 2. The first-order valence-electron chi connectivity index (χ1n) is 9.39. The summed E-state index contributed by atoms with van der Waals surface area (Å²) in [6.07, 6.45) is 14.7. The molecule has 0 amide bonds. The molecule has 0 radical (unpaired) electrons. The largest absolute Gasteiger partial charge is 0.497 e. The molecule has 0 bridgehead atoms. The summed E-state index contributed by atoms with van der Waals surface area (Å²) in [5.41, 5.74) is 3.13. The lowest BCUT2D eigenvalue weighted by Crippen LogP contribution is -2.36. The molecular formula is C22H28O2. The normalized spacial score (nSPS) is 31.7. The zero-order chi connectivity index (χ0) is 16.5. The maximum Gasteiger partial charge on any atom is 0.119 e. The summed E-state index contributed by atoms with van der Waals surface area (Å²) >= 11 is 0. The van der Waals surface area contributed by atoms with Crippen LogP contribution >= 0.6 is 0 Å². The van der Waals surface area contributed by atoms with E-state index in [9.17, 15) is 0 Å². The Balaban J connectivity index is 1.64. The highest BCUT2D eigenvalue weighted by atomic mass is 16.5. The molecule has 3 aliphatic rings. The maximum atomic E-state index is 5.49. The number of benzene rings is 1. The number of fused-ring (bicyclic) bond motifs is 3. The van der Waals surface area contributed by atoms with Crippen molar-refractivity contribution in [2.45, 2.75) is 44.4 Å². The van der Waals surface area contributed by atoms with Crippen molar-refractivity contribution >= 4 is 0 Å². The van der Waals surface area contributed by atoms with Crippen molar-refractivity contribution in [2.75, 3.05) is 14.2 Å². The van der Waals surface area contributed by atoms with E-state index in [0.717, 1.165) is 35.7 Å². The van der Waals surface area contributed by atoms with Gasteiger partial charge in [-0.2, -0.15) is 0 Å². The van der Waals surface area contributed by atoms with Gasteiger partial charge in [0, 0.05) is 0 Å². The van der Waals surface area contributed by atoms with Gasteiger partial charge in [-0.3, -0.25) is 0 Å². The minimum absolute atomic E-state index is 0.657. The van der Waals surface area contributed by atoms with Gasteiger partial charge >= 0.3 is 0 Å². The van der Waals surface area contributed by atoms with Gasteiger partial charge in [0.1, 0.15) is 11.5 Å². The summed E-state index contributed by atoms with van der Waals surface area (Å²) in [5.74, 6) is 5.01. The average Bonchev–Trinajstić information content (AvgIpc) is 2.67. The standard InChI is InChI=1S/C22H28O2/c1-23-17-10-7-15(8-11-17)21-13-16-9-12-18(24-2)14-22(16)20-6-4-3-5-19(20)21/h7,9-12,14-15,19-21H,3-6,8,13H2,1-2H3/t15?,19-,20+,21-/m0/s1. The van der Waals surface area contributed by atoms with Crippen LogP contribution in [0.1, 0.15) is 49.1 Å². The van der Waals surface area contributed by atoms with Gasteiger partial charge in [-0.1, -0.05) is 25.0 Å². The van der Waals surface area contributed by atoms with Crippen LogP contribution in [-0.2, 0) is 11.2 Å². The van der Waals surface area contributed by atoms with Crippen LogP contribution < -0.4 is 4.74 Å². The van der Waals surface area contributed by atoms with Crippen LogP contribution in [0.15, 0.2) is 42.2 Å². The van der Waals surface area contributed by atoms with Crippen LogP contribution in [0.3, 0.4) is 0 Å². The Kier molecular flexibility index (Phi) is 4.39. The first kappa shape index (κ1) is 15.8. The number of methoxy groups -OCH3 is 2. The van der Waals surface area contributed by atoms with Gasteiger partial charge in [0.05, 0.1) is 14.2 Å². The molecule has 0 aliphatic heterocycles. The van der Waals surface area contributed by atoms with Gasteiger partial charge in [0.15, 0.2) is 0 Å². The van der Waals surface area contributed by atoms with Crippen molar-refractivity contribution in [3.05, 3.63) is 53.3 Å². The van der Waals surface area contributed by atoms with E-state index in [1.807, 2.05) is 0 Å². The molecule has 0 aromatic heterocycles. The van der Waals surface area contributed by atoms with E-state index in [1.165, 1.54) is 32.1 Å². The Morgan fingerprint density at radius 2 is 1.88 bits per heavy atom. The first-order chi connectivity index (χ1) is 11.8. The quantitative estimate of drug-likeness (QED) is 0.756. The van der Waals surface area contributed by atoms with Gasteiger partial charge < -0.3 is 9.47 Å². The lowest BCUT2D eigenvalue weighted by Gasteiger charge is -2.45. The fourth-order valence-electron chi connectivity index (χ4n) is 5.25. The molecule has 0 saturated heterocycles. The molecule has 1 aromatic rings. The molecule has 0 N–H and O–H groups in total. The van der Waals surface area contributed by atoms with Gasteiger partial charge in [-0.05, 0) is 84.8 Å². The second-order valence-electron chi connectivity index (χ2n) is 7.56. The molecular weight excluding hydrogens is 296 g/mol. The molecule has 2 nitrogen and oxygen atoms in total. The van der Waals surface area contributed by atoms with Gasteiger partial charge in [0.2, 0.25) is 0 Å². The molecule has 4 rings (SSSR count). The van der Waals surface area contributed by atoms with E-state index >= 15 is 0 Å². The van der Waals surface area contributed by atoms with Gasteiger partial charge in [0.25, 0.3) is 0 Å². The Hall–Kier alpha value is -1.70. The fraction of sp³-hybridized carbons (Fsp3) is 0.545. The van der Waals surface area contributed by atoms with Crippen LogP contribution in [0, 0.1) is 17.8 Å². The minimum atomic E-state index is 0.657. The average molecular weight is 324 g/mol. The lowest BCUT2D eigenvalue weighted by molar-refractivity contribution is 0.155. The van der Waals surface area contributed by atoms with Crippen molar-refractivity contribution in [2.24, 2.45) is 17.8 Å². The maximum absolute atomic E-state index is 5.49. The number of rotatable bonds is 3. The van der Waals surface area contributed by atoms with Crippen molar-refractivity contribution in [1.29, 1.82) is 0 Å². The van der Waals surface area contributed by atoms with E-state index in [0.29, 0.717) is 5.92 Å². The van der Waals surface area contributed by atoms with E-state index < -0.39 is 0 Å². The second kappa shape index (κ2) is 6.66. The van der Waals surface area contributed by atoms with E-state index in [-0.39, 0.29) is 0 Å². The zero-order valence-corrected chi connectivity index (χ0v) is 14.8. The summed E-state index contributed by atoms with van der Waals surface area (Å²) in [6.45, 7) is 0. The molecule has 1 fully saturated rings. The topological polar surface area (TPSA) is 18.5 Å². The second-order valence-corrected chi connectivity index (χ2v) is 7.56. The molecule has 24 heavy (non-hydrogen) atoms. The van der Waals surface area contributed by atoms with Gasteiger partial charge in [-0.25, -0.2) is 0 Å². The summed E-state index contributed by atoms with van der Waals surface area (Å²) in [7, 11) is 3.54. The van der Waals surface area contributed by atoms with Crippen molar-refractivity contribution < 1.29 is 9.47 Å². The third-order valence-corrected chi connectivity index (χ3v) is 6.46. The monoisotopic (exact) mass is 324 g/mol. The third-order valence-electron chi connectivity index (χ3n) is 6.46. The Morgan fingerprint density at radius 1 is 1.00 bits per heavy atom. The van der Waals surface area contributed by atoms with Crippen LogP contribution in [0.4, 0.5) is 0 Å². The first-order valence-corrected chi connectivity index (χ1v) is 9.39. The minimum Gasteiger partial charge on any atom is -0.497 e. The van der Waals surface area contributed by atoms with Crippen molar-refractivity contribution in [1.82, 2.24) is 0 Å². The number of hydrogen-bond donors (Lipinski definition) is 0. The highest BCUT2D eigenvalue weighted by molar-refractivity contribution is 5.41. The number of hydrogen-bond acceptors (Lipinski definition) is 2. The Bertz CT molecular complexity index is 658. The molecule has 1 saturated carbocycles.